The van der Waals surface area contributed by atoms with Gasteiger partial charge in [0.2, 0.25) is 0 Å². The summed E-state index contributed by atoms with van der Waals surface area (Å²) < 4.78 is 6.40. The Kier molecular flexibility index (Phi) is 5.87. The van der Waals surface area contributed by atoms with Crippen LogP contribution in [0.1, 0.15) is 39.2 Å². The monoisotopic (exact) mass is 335 g/mol. The summed E-state index contributed by atoms with van der Waals surface area (Å²) >= 11 is 0. The van der Waals surface area contributed by atoms with Crippen molar-refractivity contribution in [3.05, 3.63) is 23.9 Å². The molecule has 1 aliphatic heterocycles. The van der Waals surface area contributed by atoms with E-state index in [0.29, 0.717) is 16.8 Å². The standard InChI is InChI=1S/C18H33N3OSi/c1-18(2,3)23(4,5)22-14-15-8-10-21(11-9-15)13-16-6-7-17(19)20-12-16/h6-7,12,15H,8-11,13-14H2,1-5H3,(H2,19,20). The van der Waals surface area contributed by atoms with E-state index in [-0.39, 0.29) is 0 Å². The van der Waals surface area contributed by atoms with Crippen LogP contribution in [0.2, 0.25) is 18.1 Å². The molecule has 1 fully saturated rings. The summed E-state index contributed by atoms with van der Waals surface area (Å²) in [4.78, 5) is 6.68. The van der Waals surface area contributed by atoms with Crippen LogP contribution in [0, 0.1) is 5.92 Å². The summed E-state index contributed by atoms with van der Waals surface area (Å²) in [5.41, 5.74) is 6.89. The van der Waals surface area contributed by atoms with Gasteiger partial charge in [-0.15, -0.1) is 0 Å². The molecule has 1 saturated heterocycles. The Morgan fingerprint density at radius 2 is 1.91 bits per heavy atom. The van der Waals surface area contributed by atoms with Crippen molar-refractivity contribution in [2.24, 2.45) is 5.92 Å². The number of nitrogens with two attached hydrogens (primary N) is 1. The first-order valence-electron chi connectivity index (χ1n) is 8.74. The van der Waals surface area contributed by atoms with Crippen LogP contribution in [0.4, 0.5) is 5.82 Å². The van der Waals surface area contributed by atoms with Crippen molar-refractivity contribution in [1.82, 2.24) is 9.88 Å². The van der Waals surface area contributed by atoms with Crippen LogP contribution < -0.4 is 5.73 Å². The van der Waals surface area contributed by atoms with Crippen LogP contribution in [0.15, 0.2) is 18.3 Å². The molecule has 1 aromatic heterocycles. The first kappa shape index (κ1) is 18.4. The number of likely N-dealkylation sites (tertiary alicyclic amines) is 1. The van der Waals surface area contributed by atoms with Gasteiger partial charge in [0, 0.05) is 19.3 Å². The van der Waals surface area contributed by atoms with E-state index in [2.05, 4.69) is 49.8 Å². The molecule has 5 heteroatoms. The largest absolute Gasteiger partial charge is 0.417 e. The molecular formula is C18H33N3OSi. The Bertz CT molecular complexity index is 488. The van der Waals surface area contributed by atoms with Gasteiger partial charge in [-0.1, -0.05) is 26.8 Å². The second kappa shape index (κ2) is 7.32. The van der Waals surface area contributed by atoms with Crippen molar-refractivity contribution in [2.75, 3.05) is 25.4 Å². The number of hydrogen-bond donors (Lipinski definition) is 1. The second-order valence-electron chi connectivity index (χ2n) is 8.38. The zero-order valence-electron chi connectivity index (χ0n) is 15.4. The smallest absolute Gasteiger partial charge is 0.191 e. The van der Waals surface area contributed by atoms with E-state index >= 15 is 0 Å². The van der Waals surface area contributed by atoms with Gasteiger partial charge in [0.15, 0.2) is 8.32 Å². The number of nitrogens with zero attached hydrogens (tertiary/aromatic N) is 2. The molecule has 2 heterocycles. The number of piperidine rings is 1. The van der Waals surface area contributed by atoms with Crippen LogP contribution in [0.25, 0.3) is 0 Å². The van der Waals surface area contributed by atoms with Crippen molar-refractivity contribution in [3.8, 4) is 0 Å². The molecule has 2 rings (SSSR count). The number of aromatic nitrogens is 1. The van der Waals surface area contributed by atoms with E-state index in [1.54, 1.807) is 0 Å². The van der Waals surface area contributed by atoms with Crippen molar-refractivity contribution in [2.45, 2.75) is 58.3 Å². The minimum absolute atomic E-state index is 0.301. The van der Waals surface area contributed by atoms with E-state index in [0.717, 1.165) is 26.2 Å². The molecular weight excluding hydrogens is 302 g/mol. The predicted octanol–water partition coefficient (Wildman–Crippen LogP) is 3.90. The van der Waals surface area contributed by atoms with Gasteiger partial charge in [0.1, 0.15) is 5.82 Å². The Labute approximate surface area is 142 Å². The highest BCUT2D eigenvalue weighted by atomic mass is 28.4. The highest BCUT2D eigenvalue weighted by molar-refractivity contribution is 6.74. The minimum atomic E-state index is -1.61. The van der Waals surface area contributed by atoms with Gasteiger partial charge in [-0.3, -0.25) is 4.90 Å². The first-order chi connectivity index (χ1) is 10.7. The van der Waals surface area contributed by atoms with E-state index in [1.807, 2.05) is 12.3 Å². The maximum atomic E-state index is 6.40. The lowest BCUT2D eigenvalue weighted by Crippen LogP contribution is -2.43. The number of rotatable bonds is 5. The zero-order chi connectivity index (χ0) is 17.1. The van der Waals surface area contributed by atoms with Crippen molar-refractivity contribution in [3.63, 3.8) is 0 Å². The van der Waals surface area contributed by atoms with Crippen LogP contribution >= 0.6 is 0 Å². The molecule has 1 aromatic rings. The van der Waals surface area contributed by atoms with E-state index in [1.165, 1.54) is 18.4 Å². The third-order valence-electron chi connectivity index (χ3n) is 5.45. The molecule has 4 nitrogen and oxygen atoms in total. The quantitative estimate of drug-likeness (QED) is 0.829. The molecule has 0 spiro atoms. The summed E-state index contributed by atoms with van der Waals surface area (Å²) in [5.74, 6) is 1.31. The molecule has 0 aromatic carbocycles. The van der Waals surface area contributed by atoms with Crippen molar-refractivity contribution >= 4 is 14.1 Å². The van der Waals surface area contributed by atoms with Gasteiger partial charge in [-0.2, -0.15) is 0 Å². The van der Waals surface area contributed by atoms with Gasteiger partial charge in [-0.25, -0.2) is 4.98 Å². The fourth-order valence-corrected chi connectivity index (χ4v) is 3.73. The second-order valence-corrected chi connectivity index (χ2v) is 13.2. The highest BCUT2D eigenvalue weighted by Crippen LogP contribution is 2.37. The zero-order valence-corrected chi connectivity index (χ0v) is 16.4. The van der Waals surface area contributed by atoms with Crippen molar-refractivity contribution < 1.29 is 4.43 Å². The van der Waals surface area contributed by atoms with Gasteiger partial charge in [0.25, 0.3) is 0 Å². The Balaban J connectivity index is 1.75. The maximum absolute atomic E-state index is 6.40. The fraction of sp³-hybridized carbons (Fsp3) is 0.722. The lowest BCUT2D eigenvalue weighted by Gasteiger charge is -2.39. The molecule has 130 valence electrons. The van der Waals surface area contributed by atoms with Crippen molar-refractivity contribution in [1.29, 1.82) is 0 Å². The molecule has 0 radical (unpaired) electrons. The average Bonchev–Trinajstić information content (AvgIpc) is 2.48. The Morgan fingerprint density at radius 3 is 2.43 bits per heavy atom. The number of hydrogen-bond acceptors (Lipinski definition) is 4. The molecule has 0 unspecified atom stereocenters. The first-order valence-corrected chi connectivity index (χ1v) is 11.6. The Hall–Kier alpha value is -0.913. The molecule has 0 saturated carbocycles. The number of anilines is 1. The third kappa shape index (κ3) is 5.30. The highest BCUT2D eigenvalue weighted by Gasteiger charge is 2.37. The molecule has 2 N–H and O–H groups in total. The van der Waals surface area contributed by atoms with Gasteiger partial charge < -0.3 is 10.2 Å². The van der Waals surface area contributed by atoms with E-state index in [4.69, 9.17) is 10.2 Å². The van der Waals surface area contributed by atoms with Crippen LogP contribution in [-0.4, -0.2) is 37.9 Å². The summed E-state index contributed by atoms with van der Waals surface area (Å²) in [5, 5.41) is 0.301. The van der Waals surface area contributed by atoms with Gasteiger partial charge in [0.05, 0.1) is 0 Å². The molecule has 0 atom stereocenters. The van der Waals surface area contributed by atoms with Crippen LogP contribution in [0.5, 0.6) is 0 Å². The molecule has 0 bridgehead atoms. The number of pyridine rings is 1. The van der Waals surface area contributed by atoms with Gasteiger partial charge >= 0.3 is 0 Å². The lowest BCUT2D eigenvalue weighted by atomic mass is 9.97. The van der Waals surface area contributed by atoms with E-state index in [9.17, 15) is 0 Å². The third-order valence-corrected chi connectivity index (χ3v) is 9.95. The fourth-order valence-electron chi connectivity index (χ4n) is 2.64. The van der Waals surface area contributed by atoms with E-state index < -0.39 is 8.32 Å². The minimum Gasteiger partial charge on any atom is -0.417 e. The van der Waals surface area contributed by atoms with Gasteiger partial charge in [-0.05, 0) is 61.6 Å². The lowest BCUT2D eigenvalue weighted by molar-refractivity contribution is 0.130. The molecule has 23 heavy (non-hydrogen) atoms. The number of nitrogen functional groups attached to an aromatic ring is 1. The normalized spacial score (nSPS) is 18.3. The SMILES string of the molecule is CC(C)(C)[Si](C)(C)OCC1CCN(Cc2ccc(N)nc2)CC1. The molecule has 1 aliphatic rings. The summed E-state index contributed by atoms with van der Waals surface area (Å²) in [6.07, 6.45) is 4.36. The van der Waals surface area contributed by atoms with Crippen LogP contribution in [-0.2, 0) is 11.0 Å². The predicted molar refractivity (Wildman–Crippen MR) is 99.8 cm³/mol. The molecule has 0 aliphatic carbocycles. The van der Waals surface area contributed by atoms with Crippen LogP contribution in [0.3, 0.4) is 0 Å². The Morgan fingerprint density at radius 1 is 1.26 bits per heavy atom. The average molecular weight is 336 g/mol. The summed E-state index contributed by atoms with van der Waals surface area (Å²) in [6.45, 7) is 15.8. The summed E-state index contributed by atoms with van der Waals surface area (Å²) in [6, 6.07) is 3.96. The maximum Gasteiger partial charge on any atom is 0.191 e. The summed E-state index contributed by atoms with van der Waals surface area (Å²) in [7, 11) is -1.61. The topological polar surface area (TPSA) is 51.4 Å². The molecule has 0 amide bonds.